The van der Waals surface area contributed by atoms with E-state index in [-0.39, 0.29) is 29.2 Å². The Balaban J connectivity index is 0.00000512. The molecule has 0 aliphatic rings. The Morgan fingerprint density at radius 2 is 0.812 bits per heavy atom. The molecule has 0 radical (unpaired) electrons. The third kappa shape index (κ3) is 6.92. The van der Waals surface area contributed by atoms with E-state index in [1.54, 1.807) is 0 Å². The molecule has 2 aromatic carbocycles. The fourth-order valence-electron chi connectivity index (χ4n) is 4.61. The number of nitrogens with two attached hydrogens (primary N) is 2. The third-order valence-electron chi connectivity index (χ3n) is 6.23. The number of hydrogen-bond donors (Lipinski definition) is 2. The van der Waals surface area contributed by atoms with E-state index < -0.39 is 0 Å². The largest absolute Gasteiger partial charge is 0.659 e. The Labute approximate surface area is 207 Å². The van der Waals surface area contributed by atoms with E-state index in [0.717, 1.165) is 0 Å². The van der Waals surface area contributed by atoms with Crippen LogP contribution in [0.25, 0.3) is 5.32 Å². The molecule has 0 heterocycles. The minimum absolute atomic E-state index is 0. The van der Waals surface area contributed by atoms with E-state index in [9.17, 15) is 0 Å². The van der Waals surface area contributed by atoms with Crippen molar-refractivity contribution in [3.05, 3.63) is 75.1 Å². The molecular weight excluding hydrogens is 434 g/mol. The second-order valence-electron chi connectivity index (χ2n) is 10.1. The Hall–Kier alpha value is -1.16. The first-order valence-electron chi connectivity index (χ1n) is 12.0. The zero-order valence-electron chi connectivity index (χ0n) is 21.3. The second-order valence-corrected chi connectivity index (χ2v) is 10.1. The average Bonchev–Trinajstić information content (AvgIpc) is 2.71. The first kappa shape index (κ1) is 28.9. The van der Waals surface area contributed by atoms with E-state index >= 15 is 0 Å². The van der Waals surface area contributed by atoms with Gasteiger partial charge in [-0.25, -0.2) is 0 Å². The van der Waals surface area contributed by atoms with Gasteiger partial charge in [-0.05, 0) is 57.1 Å². The van der Waals surface area contributed by atoms with E-state index in [4.69, 9.17) is 16.8 Å². The Bertz CT molecular complexity index is 721. The first-order valence-corrected chi connectivity index (χ1v) is 12.0. The van der Waals surface area contributed by atoms with Gasteiger partial charge < -0.3 is 16.8 Å². The molecule has 0 aliphatic carbocycles. The van der Waals surface area contributed by atoms with E-state index in [1.807, 2.05) is 0 Å². The van der Waals surface area contributed by atoms with Crippen molar-refractivity contribution in [3.63, 3.8) is 0 Å². The fraction of sp³-hybridized carbons (Fsp3) is 0.571. The molecule has 4 heteroatoms. The van der Waals surface area contributed by atoms with Gasteiger partial charge in [-0.2, -0.15) is 0 Å². The van der Waals surface area contributed by atoms with Gasteiger partial charge in [0.25, 0.3) is 0 Å². The minimum atomic E-state index is -0.104. The third-order valence-corrected chi connectivity index (χ3v) is 6.23. The molecule has 0 aliphatic heterocycles. The molecule has 4 N–H and O–H groups in total. The second kappa shape index (κ2) is 12.9. The van der Waals surface area contributed by atoms with Crippen molar-refractivity contribution in [1.29, 1.82) is 0 Å². The normalized spacial score (nSPS) is 13.7. The SMILES string of the molecule is CC(C)c1cccc(C(C)C)c1C(N)C[N-]CC(N)c1c(C(C)C)cccc1C(C)C.[Fe]. The summed E-state index contributed by atoms with van der Waals surface area (Å²) in [6, 6.07) is 13.0. The van der Waals surface area contributed by atoms with Crippen LogP contribution in [0.15, 0.2) is 36.4 Å². The van der Waals surface area contributed by atoms with Gasteiger partial charge in [-0.1, -0.05) is 91.8 Å². The molecule has 0 amide bonds. The van der Waals surface area contributed by atoms with E-state index in [2.05, 4.69) is 91.8 Å². The van der Waals surface area contributed by atoms with Crippen LogP contribution < -0.4 is 11.5 Å². The Morgan fingerprint density at radius 1 is 0.562 bits per heavy atom. The molecule has 0 spiro atoms. The average molecular weight is 479 g/mol. The molecule has 32 heavy (non-hydrogen) atoms. The van der Waals surface area contributed by atoms with Crippen LogP contribution in [0.2, 0.25) is 0 Å². The van der Waals surface area contributed by atoms with Crippen LogP contribution in [0.1, 0.15) is 125 Å². The number of hydrogen-bond acceptors (Lipinski definition) is 2. The molecule has 2 unspecified atom stereocenters. The quantitative estimate of drug-likeness (QED) is 0.353. The predicted molar refractivity (Wildman–Crippen MR) is 136 cm³/mol. The number of benzene rings is 2. The summed E-state index contributed by atoms with van der Waals surface area (Å²) in [5.41, 5.74) is 21.3. The summed E-state index contributed by atoms with van der Waals surface area (Å²) in [5, 5.41) is 4.88. The van der Waals surface area contributed by atoms with Crippen molar-refractivity contribution in [2.75, 3.05) is 13.1 Å². The van der Waals surface area contributed by atoms with Gasteiger partial charge in [0.05, 0.1) is 0 Å². The van der Waals surface area contributed by atoms with Gasteiger partial charge in [-0.3, -0.25) is 0 Å². The first-order chi connectivity index (χ1) is 14.6. The minimum Gasteiger partial charge on any atom is -0.659 e. The van der Waals surface area contributed by atoms with Crippen LogP contribution in [0.5, 0.6) is 0 Å². The molecule has 0 bridgehead atoms. The Kier molecular flexibility index (Phi) is 11.7. The van der Waals surface area contributed by atoms with Crippen LogP contribution in [-0.4, -0.2) is 13.1 Å². The summed E-state index contributed by atoms with van der Waals surface area (Å²) < 4.78 is 0. The summed E-state index contributed by atoms with van der Waals surface area (Å²) >= 11 is 0. The van der Waals surface area contributed by atoms with Gasteiger partial charge in [0.2, 0.25) is 0 Å². The molecular formula is C28H44FeN3-. The maximum Gasteiger partial charge on any atom is 0.0110 e. The topological polar surface area (TPSA) is 66.1 Å². The van der Waals surface area contributed by atoms with Crippen LogP contribution in [0.3, 0.4) is 0 Å². The fourth-order valence-corrected chi connectivity index (χ4v) is 4.61. The maximum absolute atomic E-state index is 6.72. The monoisotopic (exact) mass is 478 g/mol. The van der Waals surface area contributed by atoms with Crippen LogP contribution in [0.4, 0.5) is 0 Å². The summed E-state index contributed by atoms with van der Waals surface area (Å²) in [6.45, 7) is 19.1. The van der Waals surface area contributed by atoms with Crippen molar-refractivity contribution in [3.8, 4) is 0 Å². The molecule has 0 saturated carbocycles. The van der Waals surface area contributed by atoms with Gasteiger partial charge in [0.1, 0.15) is 0 Å². The zero-order chi connectivity index (χ0) is 23.3. The van der Waals surface area contributed by atoms with Gasteiger partial charge >= 0.3 is 0 Å². The van der Waals surface area contributed by atoms with Gasteiger partial charge in [0, 0.05) is 29.2 Å². The van der Waals surface area contributed by atoms with E-state index in [1.165, 1.54) is 33.4 Å². The molecule has 0 fully saturated rings. The molecule has 180 valence electrons. The summed E-state index contributed by atoms with van der Waals surface area (Å²) in [5.74, 6) is 1.75. The predicted octanol–water partition coefficient (Wildman–Crippen LogP) is 7.25. The summed E-state index contributed by atoms with van der Waals surface area (Å²) in [6.07, 6.45) is 0. The van der Waals surface area contributed by atoms with Crippen molar-refractivity contribution >= 4 is 0 Å². The standard InChI is InChI=1S/C28H44N3.Fe/c1-17(2)21-11-9-12-22(18(3)4)27(21)25(29)15-31-16-26(30)28-23(19(5)6)13-10-14-24(28)20(7)8;/h9-14,17-20,25-26H,15-16,29-30H2,1-8H3;/q-1;. The molecule has 3 nitrogen and oxygen atoms in total. The summed E-state index contributed by atoms with van der Waals surface area (Å²) in [4.78, 5) is 0. The van der Waals surface area contributed by atoms with Crippen LogP contribution in [0, 0.1) is 0 Å². The van der Waals surface area contributed by atoms with Crippen molar-refractivity contribution < 1.29 is 17.1 Å². The maximum atomic E-state index is 6.72. The number of rotatable bonds is 10. The van der Waals surface area contributed by atoms with Gasteiger partial charge in [-0.15, -0.1) is 13.1 Å². The van der Waals surface area contributed by atoms with Gasteiger partial charge in [0.15, 0.2) is 0 Å². The molecule has 2 aromatic rings. The van der Waals surface area contributed by atoms with Crippen molar-refractivity contribution in [1.82, 2.24) is 0 Å². The van der Waals surface area contributed by atoms with Crippen molar-refractivity contribution in [2.24, 2.45) is 11.5 Å². The Morgan fingerprint density at radius 3 is 1.03 bits per heavy atom. The van der Waals surface area contributed by atoms with E-state index in [0.29, 0.717) is 36.8 Å². The van der Waals surface area contributed by atoms with Crippen LogP contribution >= 0.6 is 0 Å². The van der Waals surface area contributed by atoms with Crippen LogP contribution in [-0.2, 0) is 17.1 Å². The smallest absolute Gasteiger partial charge is 0.0110 e. The zero-order valence-corrected chi connectivity index (χ0v) is 22.4. The van der Waals surface area contributed by atoms with Crippen molar-refractivity contribution in [2.45, 2.75) is 91.1 Å². The molecule has 2 rings (SSSR count). The molecule has 0 aromatic heterocycles. The molecule has 2 atom stereocenters. The summed E-state index contributed by atoms with van der Waals surface area (Å²) in [7, 11) is 0. The molecule has 0 saturated heterocycles. The number of nitrogens with zero attached hydrogens (tertiary/aromatic N) is 1.